The summed E-state index contributed by atoms with van der Waals surface area (Å²) in [5.41, 5.74) is 0. The standard InChI is InChI=1S/C15H25NO4/c17-14(18)2-1-12-5-8-16(11-12)13-3-6-15(7-4-13)19-9-10-20-15/h12-13H,1-11H2,(H,17,18). The summed E-state index contributed by atoms with van der Waals surface area (Å²) in [6.45, 7) is 3.69. The molecule has 0 bridgehead atoms. The van der Waals surface area contributed by atoms with Crippen LogP contribution in [-0.4, -0.2) is 54.1 Å². The van der Waals surface area contributed by atoms with Gasteiger partial charge >= 0.3 is 5.97 Å². The summed E-state index contributed by atoms with van der Waals surface area (Å²) in [7, 11) is 0. The molecule has 3 fully saturated rings. The van der Waals surface area contributed by atoms with E-state index in [4.69, 9.17) is 14.6 Å². The van der Waals surface area contributed by atoms with Gasteiger partial charge in [0.2, 0.25) is 0 Å². The van der Waals surface area contributed by atoms with Crippen LogP contribution >= 0.6 is 0 Å². The second-order valence-electron chi connectivity index (χ2n) is 6.42. The van der Waals surface area contributed by atoms with Crippen LogP contribution in [-0.2, 0) is 14.3 Å². The van der Waals surface area contributed by atoms with Crippen LogP contribution in [0.25, 0.3) is 0 Å². The van der Waals surface area contributed by atoms with Crippen molar-refractivity contribution in [3.63, 3.8) is 0 Å². The van der Waals surface area contributed by atoms with Gasteiger partial charge in [0.1, 0.15) is 0 Å². The van der Waals surface area contributed by atoms with E-state index in [0.717, 1.165) is 64.8 Å². The zero-order chi connectivity index (χ0) is 14.0. The summed E-state index contributed by atoms with van der Waals surface area (Å²) in [4.78, 5) is 13.2. The molecule has 1 unspecified atom stereocenters. The summed E-state index contributed by atoms with van der Waals surface area (Å²) >= 11 is 0. The van der Waals surface area contributed by atoms with Crippen molar-refractivity contribution in [2.75, 3.05) is 26.3 Å². The topological polar surface area (TPSA) is 59.0 Å². The van der Waals surface area contributed by atoms with Gasteiger partial charge in [-0.25, -0.2) is 0 Å². The summed E-state index contributed by atoms with van der Waals surface area (Å²) in [6, 6.07) is 0.642. The predicted molar refractivity (Wildman–Crippen MR) is 73.4 cm³/mol. The van der Waals surface area contributed by atoms with E-state index in [2.05, 4.69) is 4.90 Å². The van der Waals surface area contributed by atoms with Gasteiger partial charge < -0.3 is 19.5 Å². The van der Waals surface area contributed by atoms with Crippen LogP contribution < -0.4 is 0 Å². The fraction of sp³-hybridized carbons (Fsp3) is 0.933. The number of aliphatic carboxylic acids is 1. The molecule has 3 rings (SSSR count). The Hall–Kier alpha value is -0.650. The molecule has 3 aliphatic rings. The van der Waals surface area contributed by atoms with Crippen molar-refractivity contribution in [3.05, 3.63) is 0 Å². The van der Waals surface area contributed by atoms with Crippen LogP contribution in [0.3, 0.4) is 0 Å². The largest absolute Gasteiger partial charge is 0.481 e. The first-order valence-electron chi connectivity index (χ1n) is 7.91. The molecule has 0 aromatic carbocycles. The first-order chi connectivity index (χ1) is 9.67. The number of carboxylic acid groups (broad SMARTS) is 1. The Morgan fingerprint density at radius 3 is 2.55 bits per heavy atom. The Morgan fingerprint density at radius 1 is 1.20 bits per heavy atom. The van der Waals surface area contributed by atoms with E-state index in [1.54, 1.807) is 0 Å². The molecular weight excluding hydrogens is 258 g/mol. The van der Waals surface area contributed by atoms with Gasteiger partial charge in [0.25, 0.3) is 0 Å². The minimum atomic E-state index is -0.668. The Labute approximate surface area is 120 Å². The van der Waals surface area contributed by atoms with Gasteiger partial charge in [0, 0.05) is 31.8 Å². The maximum atomic E-state index is 10.6. The van der Waals surface area contributed by atoms with Crippen LogP contribution in [0.2, 0.25) is 0 Å². The lowest BCUT2D eigenvalue weighted by atomic mass is 9.89. The van der Waals surface area contributed by atoms with Crippen molar-refractivity contribution in [1.82, 2.24) is 4.90 Å². The highest BCUT2D eigenvalue weighted by Crippen LogP contribution is 2.38. The Kier molecular flexibility index (Phi) is 4.29. The first kappa shape index (κ1) is 14.3. The third-order valence-corrected chi connectivity index (χ3v) is 5.13. The van der Waals surface area contributed by atoms with E-state index in [9.17, 15) is 4.79 Å². The van der Waals surface area contributed by atoms with E-state index in [-0.39, 0.29) is 5.79 Å². The van der Waals surface area contributed by atoms with Crippen molar-refractivity contribution in [2.45, 2.75) is 56.8 Å². The van der Waals surface area contributed by atoms with Crippen molar-refractivity contribution in [3.8, 4) is 0 Å². The van der Waals surface area contributed by atoms with Gasteiger partial charge in [-0.3, -0.25) is 4.79 Å². The Bertz CT molecular complexity index is 344. The molecule has 0 amide bonds. The second kappa shape index (κ2) is 6.00. The molecule has 5 nitrogen and oxygen atoms in total. The normalized spacial score (nSPS) is 31.1. The molecule has 5 heteroatoms. The van der Waals surface area contributed by atoms with Crippen LogP contribution in [0.5, 0.6) is 0 Å². The quantitative estimate of drug-likeness (QED) is 0.853. The van der Waals surface area contributed by atoms with Crippen molar-refractivity contribution >= 4 is 5.97 Å². The first-order valence-corrected chi connectivity index (χ1v) is 7.91. The molecule has 2 aliphatic heterocycles. The molecular formula is C15H25NO4. The molecule has 2 saturated heterocycles. The molecule has 2 heterocycles. The molecule has 0 aromatic heterocycles. The summed E-state index contributed by atoms with van der Waals surface area (Å²) in [6.07, 6.45) is 6.60. The highest BCUT2D eigenvalue weighted by Gasteiger charge is 2.42. The van der Waals surface area contributed by atoms with E-state index in [0.29, 0.717) is 18.4 Å². The predicted octanol–water partition coefficient (Wildman–Crippen LogP) is 1.86. The maximum Gasteiger partial charge on any atom is 0.303 e. The summed E-state index contributed by atoms with van der Waals surface area (Å²) in [5, 5.41) is 8.76. The maximum absolute atomic E-state index is 10.6. The third kappa shape index (κ3) is 3.15. The molecule has 114 valence electrons. The van der Waals surface area contributed by atoms with Gasteiger partial charge in [-0.05, 0) is 38.1 Å². The SMILES string of the molecule is O=C(O)CCC1CCN(C2CCC3(CC2)OCCO3)C1. The Balaban J connectivity index is 1.44. The zero-order valence-corrected chi connectivity index (χ0v) is 12.1. The number of likely N-dealkylation sites (tertiary alicyclic amines) is 1. The van der Waals surface area contributed by atoms with Gasteiger partial charge in [-0.1, -0.05) is 0 Å². The van der Waals surface area contributed by atoms with Gasteiger partial charge in [-0.2, -0.15) is 0 Å². The van der Waals surface area contributed by atoms with Crippen molar-refractivity contribution < 1.29 is 19.4 Å². The lowest BCUT2D eigenvalue weighted by Crippen LogP contribution is -2.43. The van der Waals surface area contributed by atoms with Crippen LogP contribution in [0.4, 0.5) is 0 Å². The average molecular weight is 283 g/mol. The van der Waals surface area contributed by atoms with Gasteiger partial charge in [0.05, 0.1) is 13.2 Å². The molecule has 0 aromatic rings. The molecule has 1 saturated carbocycles. The molecule has 1 atom stereocenters. The smallest absolute Gasteiger partial charge is 0.303 e. The van der Waals surface area contributed by atoms with Crippen molar-refractivity contribution in [1.29, 1.82) is 0 Å². The molecule has 1 N–H and O–H groups in total. The highest BCUT2D eigenvalue weighted by molar-refractivity contribution is 5.66. The minimum absolute atomic E-state index is 0.265. The molecule has 0 radical (unpaired) electrons. The summed E-state index contributed by atoms with van der Waals surface area (Å²) < 4.78 is 11.5. The van der Waals surface area contributed by atoms with Crippen LogP contribution in [0.1, 0.15) is 44.9 Å². The summed E-state index contributed by atoms with van der Waals surface area (Å²) in [5.74, 6) is -0.363. The number of rotatable bonds is 4. The monoisotopic (exact) mass is 283 g/mol. The molecule has 1 aliphatic carbocycles. The number of hydrogen-bond donors (Lipinski definition) is 1. The number of ether oxygens (including phenoxy) is 2. The highest BCUT2D eigenvalue weighted by atomic mass is 16.7. The van der Waals surface area contributed by atoms with E-state index in [1.165, 1.54) is 0 Å². The van der Waals surface area contributed by atoms with Crippen LogP contribution in [0, 0.1) is 5.92 Å². The lowest BCUT2D eigenvalue weighted by Gasteiger charge is -2.39. The molecule has 20 heavy (non-hydrogen) atoms. The Morgan fingerprint density at radius 2 is 1.90 bits per heavy atom. The number of carbonyl (C=O) groups is 1. The second-order valence-corrected chi connectivity index (χ2v) is 6.42. The van der Waals surface area contributed by atoms with E-state index < -0.39 is 5.97 Å². The van der Waals surface area contributed by atoms with Gasteiger partial charge in [-0.15, -0.1) is 0 Å². The lowest BCUT2D eigenvalue weighted by molar-refractivity contribution is -0.183. The zero-order valence-electron chi connectivity index (χ0n) is 12.1. The average Bonchev–Trinajstić information content (AvgIpc) is 3.08. The van der Waals surface area contributed by atoms with Crippen LogP contribution in [0.15, 0.2) is 0 Å². The number of hydrogen-bond acceptors (Lipinski definition) is 4. The fourth-order valence-electron chi connectivity index (χ4n) is 3.95. The van der Waals surface area contributed by atoms with Gasteiger partial charge in [0.15, 0.2) is 5.79 Å². The van der Waals surface area contributed by atoms with Crippen molar-refractivity contribution in [2.24, 2.45) is 5.92 Å². The van der Waals surface area contributed by atoms with E-state index in [1.807, 2.05) is 0 Å². The fourth-order valence-corrected chi connectivity index (χ4v) is 3.95. The third-order valence-electron chi connectivity index (χ3n) is 5.13. The molecule has 1 spiro atoms. The minimum Gasteiger partial charge on any atom is -0.481 e. The number of carboxylic acids is 1. The number of nitrogens with zero attached hydrogens (tertiary/aromatic N) is 1. The van der Waals surface area contributed by atoms with E-state index >= 15 is 0 Å².